The first kappa shape index (κ1) is 16.7. The van der Waals surface area contributed by atoms with Crippen molar-refractivity contribution in [2.75, 3.05) is 45.9 Å². The summed E-state index contributed by atoms with van der Waals surface area (Å²) in [4.78, 5) is 28.9. The minimum Gasteiger partial charge on any atom is -0.378 e. The number of morpholine rings is 1. The van der Waals surface area contributed by atoms with E-state index in [-0.39, 0.29) is 17.9 Å². The number of hydrogen-bond donors (Lipinski definition) is 1. The summed E-state index contributed by atoms with van der Waals surface area (Å²) >= 11 is 0. The fourth-order valence-electron chi connectivity index (χ4n) is 4.01. The average molecular weight is 323 g/mol. The molecule has 130 valence electrons. The number of nitrogens with zero attached hydrogens (tertiary/aromatic N) is 2. The molecule has 2 heterocycles. The van der Waals surface area contributed by atoms with E-state index in [9.17, 15) is 9.59 Å². The van der Waals surface area contributed by atoms with Gasteiger partial charge in [0.1, 0.15) is 0 Å². The lowest BCUT2D eigenvalue weighted by atomic mass is 9.88. The minimum atomic E-state index is -0.291. The third-order valence-corrected chi connectivity index (χ3v) is 5.39. The number of rotatable bonds is 4. The number of carbonyl (C=O) groups excluding carboxylic acids is 2. The molecule has 0 aromatic carbocycles. The van der Waals surface area contributed by atoms with Gasteiger partial charge in [-0.15, -0.1) is 0 Å². The van der Waals surface area contributed by atoms with Gasteiger partial charge in [-0.2, -0.15) is 0 Å². The molecule has 0 radical (unpaired) electrons. The molecule has 2 aliphatic heterocycles. The zero-order valence-corrected chi connectivity index (χ0v) is 14.0. The van der Waals surface area contributed by atoms with Crippen LogP contribution in [0.25, 0.3) is 0 Å². The molecular formula is C17H29N3O3. The van der Waals surface area contributed by atoms with Gasteiger partial charge in [-0.05, 0) is 18.8 Å². The van der Waals surface area contributed by atoms with Crippen molar-refractivity contribution in [3.8, 4) is 0 Å². The summed E-state index contributed by atoms with van der Waals surface area (Å²) in [7, 11) is 0. The van der Waals surface area contributed by atoms with E-state index in [2.05, 4.69) is 10.2 Å². The van der Waals surface area contributed by atoms with Crippen molar-refractivity contribution in [3.05, 3.63) is 0 Å². The van der Waals surface area contributed by atoms with Crippen LogP contribution in [0.3, 0.4) is 0 Å². The van der Waals surface area contributed by atoms with Crippen LogP contribution in [0.5, 0.6) is 0 Å². The summed E-state index contributed by atoms with van der Waals surface area (Å²) in [5, 5.41) is 2.93. The largest absolute Gasteiger partial charge is 0.378 e. The second-order valence-corrected chi connectivity index (χ2v) is 7.00. The average Bonchev–Trinajstić information content (AvgIpc) is 2.59. The van der Waals surface area contributed by atoms with Gasteiger partial charge in [0.05, 0.1) is 25.7 Å². The quantitative estimate of drug-likeness (QED) is 0.824. The molecule has 0 spiro atoms. The molecule has 1 aliphatic carbocycles. The first-order chi connectivity index (χ1) is 11.2. The fraction of sp³-hybridized carbons (Fsp3) is 0.882. The third-order valence-electron chi connectivity index (χ3n) is 5.39. The highest BCUT2D eigenvalue weighted by atomic mass is 16.5. The molecule has 2 saturated heterocycles. The van der Waals surface area contributed by atoms with Gasteiger partial charge >= 0.3 is 0 Å². The van der Waals surface area contributed by atoms with Crippen LogP contribution in [-0.4, -0.2) is 73.6 Å². The van der Waals surface area contributed by atoms with E-state index in [1.807, 2.05) is 4.90 Å². The van der Waals surface area contributed by atoms with E-state index in [4.69, 9.17) is 4.74 Å². The van der Waals surface area contributed by atoms with Crippen molar-refractivity contribution >= 4 is 11.8 Å². The molecule has 23 heavy (non-hydrogen) atoms. The van der Waals surface area contributed by atoms with Crippen molar-refractivity contribution in [2.24, 2.45) is 5.92 Å². The molecule has 0 aromatic heterocycles. The number of amides is 2. The molecular weight excluding hydrogens is 294 g/mol. The van der Waals surface area contributed by atoms with Gasteiger partial charge in [0, 0.05) is 32.7 Å². The SMILES string of the molecule is O=C1NCCN(CC2CCCCC2)C1CC(=O)N1CCOCC1. The molecule has 6 nitrogen and oxygen atoms in total. The standard InChI is InChI=1S/C17H29N3O3/c21-16(19-8-10-23-11-9-19)12-15-17(22)18-6-7-20(15)13-14-4-2-1-3-5-14/h14-15H,1-13H2,(H,18,22). The van der Waals surface area contributed by atoms with Gasteiger partial charge in [0.15, 0.2) is 0 Å². The van der Waals surface area contributed by atoms with E-state index >= 15 is 0 Å². The molecule has 3 aliphatic rings. The molecule has 0 bridgehead atoms. The Balaban J connectivity index is 1.58. The van der Waals surface area contributed by atoms with Crippen LogP contribution >= 0.6 is 0 Å². The van der Waals surface area contributed by atoms with Gasteiger partial charge in [-0.3, -0.25) is 14.5 Å². The van der Waals surface area contributed by atoms with Crippen LogP contribution < -0.4 is 5.32 Å². The summed E-state index contributed by atoms with van der Waals surface area (Å²) in [5.41, 5.74) is 0. The number of piperazine rings is 1. The fourth-order valence-corrected chi connectivity index (χ4v) is 4.01. The predicted octanol–water partition coefficient (Wildman–Crippen LogP) is 0.616. The van der Waals surface area contributed by atoms with E-state index in [0.717, 1.165) is 13.1 Å². The van der Waals surface area contributed by atoms with Gasteiger partial charge in [0.2, 0.25) is 11.8 Å². The van der Waals surface area contributed by atoms with Crippen LogP contribution in [0.4, 0.5) is 0 Å². The lowest BCUT2D eigenvalue weighted by Gasteiger charge is -2.38. The van der Waals surface area contributed by atoms with E-state index < -0.39 is 0 Å². The van der Waals surface area contributed by atoms with Crippen LogP contribution in [0.2, 0.25) is 0 Å². The molecule has 1 atom stereocenters. The Kier molecular flexibility index (Phi) is 5.89. The minimum absolute atomic E-state index is 0.0219. The lowest BCUT2D eigenvalue weighted by Crippen LogP contribution is -2.58. The van der Waals surface area contributed by atoms with Crippen molar-refractivity contribution < 1.29 is 14.3 Å². The smallest absolute Gasteiger partial charge is 0.237 e. The molecule has 3 rings (SSSR count). The molecule has 6 heteroatoms. The zero-order chi connectivity index (χ0) is 16.1. The zero-order valence-electron chi connectivity index (χ0n) is 14.0. The molecule has 1 unspecified atom stereocenters. The first-order valence-electron chi connectivity index (χ1n) is 9.11. The molecule has 0 aromatic rings. The molecule has 2 amide bonds. The Morgan fingerprint density at radius 1 is 1.13 bits per heavy atom. The van der Waals surface area contributed by atoms with Crippen LogP contribution in [-0.2, 0) is 14.3 Å². The van der Waals surface area contributed by atoms with Crippen molar-refractivity contribution in [1.82, 2.24) is 15.1 Å². The Labute approximate surface area is 138 Å². The number of nitrogens with one attached hydrogen (secondary N) is 1. The van der Waals surface area contributed by atoms with Crippen LogP contribution in [0.1, 0.15) is 38.5 Å². The van der Waals surface area contributed by atoms with Crippen LogP contribution in [0, 0.1) is 5.92 Å². The highest BCUT2D eigenvalue weighted by molar-refractivity contribution is 5.88. The molecule has 1 N–H and O–H groups in total. The summed E-state index contributed by atoms with van der Waals surface area (Å²) in [5.74, 6) is 0.799. The maximum atomic E-state index is 12.5. The maximum Gasteiger partial charge on any atom is 0.237 e. The van der Waals surface area contributed by atoms with Crippen molar-refractivity contribution in [3.63, 3.8) is 0 Å². The maximum absolute atomic E-state index is 12.5. The van der Waals surface area contributed by atoms with Gasteiger partial charge in [-0.1, -0.05) is 19.3 Å². The first-order valence-corrected chi connectivity index (χ1v) is 9.11. The Morgan fingerprint density at radius 2 is 1.87 bits per heavy atom. The normalized spacial score (nSPS) is 27.7. The summed E-state index contributed by atoms with van der Waals surface area (Å²) < 4.78 is 5.30. The highest BCUT2D eigenvalue weighted by Gasteiger charge is 2.34. The van der Waals surface area contributed by atoms with E-state index in [1.165, 1.54) is 32.1 Å². The number of ether oxygens (including phenoxy) is 1. The van der Waals surface area contributed by atoms with Crippen LogP contribution in [0.15, 0.2) is 0 Å². The second-order valence-electron chi connectivity index (χ2n) is 7.00. The van der Waals surface area contributed by atoms with Crippen molar-refractivity contribution in [2.45, 2.75) is 44.6 Å². The lowest BCUT2D eigenvalue weighted by molar-refractivity contribution is -0.141. The van der Waals surface area contributed by atoms with Gasteiger partial charge in [0.25, 0.3) is 0 Å². The highest BCUT2D eigenvalue weighted by Crippen LogP contribution is 2.26. The van der Waals surface area contributed by atoms with Crippen molar-refractivity contribution in [1.29, 1.82) is 0 Å². The monoisotopic (exact) mass is 323 g/mol. The number of hydrogen-bond acceptors (Lipinski definition) is 4. The molecule has 1 saturated carbocycles. The second kappa shape index (κ2) is 8.11. The Morgan fingerprint density at radius 3 is 2.61 bits per heavy atom. The van der Waals surface area contributed by atoms with E-state index in [1.54, 1.807) is 0 Å². The summed E-state index contributed by atoms with van der Waals surface area (Å²) in [6.45, 7) is 5.04. The van der Waals surface area contributed by atoms with Gasteiger partial charge in [-0.25, -0.2) is 0 Å². The predicted molar refractivity (Wildman–Crippen MR) is 87.0 cm³/mol. The topological polar surface area (TPSA) is 61.9 Å². The van der Waals surface area contributed by atoms with Gasteiger partial charge < -0.3 is 15.0 Å². The van der Waals surface area contributed by atoms with E-state index in [0.29, 0.717) is 45.2 Å². The Hall–Kier alpha value is -1.14. The summed E-state index contributed by atoms with van der Waals surface area (Å²) in [6.07, 6.45) is 6.79. The third kappa shape index (κ3) is 4.44. The molecule has 3 fully saturated rings. The summed E-state index contributed by atoms with van der Waals surface area (Å²) in [6, 6.07) is -0.291. The Bertz CT molecular complexity index is 417. The number of carbonyl (C=O) groups is 2.